The van der Waals surface area contributed by atoms with E-state index >= 15 is 0 Å². The van der Waals surface area contributed by atoms with Gasteiger partial charge in [0.05, 0.1) is 21.1 Å². The van der Waals surface area contributed by atoms with Crippen molar-refractivity contribution in [2.75, 3.05) is 27.7 Å². The molecule has 0 aliphatic heterocycles. The molecule has 6 heteroatoms. The molecule has 0 aliphatic rings. The summed E-state index contributed by atoms with van der Waals surface area (Å²) in [4.78, 5) is 10.0. The van der Waals surface area contributed by atoms with Gasteiger partial charge < -0.3 is 19.5 Å². The topological polar surface area (TPSA) is 60.4 Å². The Morgan fingerprint density at radius 2 is 1.77 bits per heavy atom. The van der Waals surface area contributed by atoms with E-state index in [4.69, 9.17) is 5.11 Å². The zero-order valence-electron chi connectivity index (χ0n) is 8.02. The van der Waals surface area contributed by atoms with Crippen LogP contribution in [0.2, 0.25) is 0 Å². The summed E-state index contributed by atoms with van der Waals surface area (Å²) in [5, 5.41) is 19.1. The number of rotatable bonds is 4. The summed E-state index contributed by atoms with van der Waals surface area (Å²) in [6.45, 7) is 0.425. The number of aliphatic carboxylic acids is 1. The minimum Gasteiger partial charge on any atom is -0.550 e. The molecule has 0 aromatic rings. The lowest BCUT2D eigenvalue weighted by atomic mass is 10.2. The Kier molecular flexibility index (Phi) is 10.6. The quantitative estimate of drug-likeness (QED) is 0.637. The Hall–Kier alpha value is -0.0300. The highest BCUT2D eigenvalue weighted by Gasteiger charge is 2.14. The third kappa shape index (κ3) is 14.8. The summed E-state index contributed by atoms with van der Waals surface area (Å²) >= 11 is 0. The number of quaternary nitrogens is 1. The molecular formula is C7H17Cl2NO3. The number of carbonyl (C=O) groups excluding carboxylic acids is 1. The number of carboxylic acid groups (broad SMARTS) is 1. The number of aliphatic hydroxyl groups is 1. The average molecular weight is 234 g/mol. The summed E-state index contributed by atoms with van der Waals surface area (Å²) in [5.74, 6) is -1.20. The fourth-order valence-corrected chi connectivity index (χ4v) is 0.889. The Bertz CT molecular complexity index is 147. The molecule has 0 aromatic carbocycles. The highest BCUT2D eigenvalue weighted by atomic mass is 35.5. The number of hydrogen-bond donors (Lipinski definition) is 1. The van der Waals surface area contributed by atoms with Gasteiger partial charge in [0.2, 0.25) is 0 Å². The molecule has 0 bridgehead atoms. The lowest BCUT2D eigenvalue weighted by molar-refractivity contribution is -0.873. The fourth-order valence-electron chi connectivity index (χ4n) is 0.889. The number of hydrogen-bond acceptors (Lipinski definition) is 3. The van der Waals surface area contributed by atoms with Crippen LogP contribution >= 0.6 is 24.8 Å². The first-order valence-corrected chi connectivity index (χ1v) is 3.49. The number of aliphatic hydroxyl groups excluding tert-OH is 1. The van der Waals surface area contributed by atoms with Crippen LogP contribution in [0.25, 0.3) is 0 Å². The van der Waals surface area contributed by atoms with Crippen molar-refractivity contribution in [3.63, 3.8) is 0 Å². The predicted octanol–water partition coefficient (Wildman–Crippen LogP) is -0.963. The van der Waals surface area contributed by atoms with Gasteiger partial charge >= 0.3 is 0 Å². The molecule has 1 atom stereocenters. The second kappa shape index (κ2) is 7.38. The molecule has 0 aliphatic carbocycles. The molecule has 0 saturated heterocycles. The number of carboxylic acids is 1. The summed E-state index contributed by atoms with van der Waals surface area (Å²) < 4.78 is 0.550. The van der Waals surface area contributed by atoms with Crippen molar-refractivity contribution >= 4 is 30.8 Å². The molecule has 0 aromatic heterocycles. The molecule has 4 nitrogen and oxygen atoms in total. The van der Waals surface area contributed by atoms with Crippen LogP contribution in [0.15, 0.2) is 0 Å². The number of likely N-dealkylation sites (N-methyl/N-ethyl adjacent to an activating group) is 1. The molecule has 0 radical (unpaired) electrons. The summed E-state index contributed by atoms with van der Waals surface area (Å²) in [6, 6.07) is 0. The first kappa shape index (κ1) is 18.7. The zero-order valence-corrected chi connectivity index (χ0v) is 9.65. The minimum atomic E-state index is -1.20. The normalized spacial score (nSPS) is 12.3. The van der Waals surface area contributed by atoms with Crippen LogP contribution in [-0.2, 0) is 4.79 Å². The maximum absolute atomic E-state index is 10.0. The lowest BCUT2D eigenvalue weighted by Gasteiger charge is -2.26. The third-order valence-electron chi connectivity index (χ3n) is 1.16. The number of carbonyl (C=O) groups is 1. The molecule has 0 heterocycles. The molecular weight excluding hydrogens is 217 g/mol. The van der Waals surface area contributed by atoms with Crippen molar-refractivity contribution in [1.29, 1.82) is 0 Å². The predicted molar refractivity (Wildman–Crippen MR) is 53.0 cm³/mol. The van der Waals surface area contributed by atoms with Gasteiger partial charge in [-0.1, -0.05) is 0 Å². The van der Waals surface area contributed by atoms with E-state index in [1.807, 2.05) is 21.1 Å². The van der Waals surface area contributed by atoms with Gasteiger partial charge in [0.15, 0.2) is 0 Å². The van der Waals surface area contributed by atoms with Crippen LogP contribution in [0.4, 0.5) is 0 Å². The monoisotopic (exact) mass is 233 g/mol. The molecule has 0 amide bonds. The second-order valence-electron chi connectivity index (χ2n) is 3.70. The Balaban J connectivity index is -0.000000500. The standard InChI is InChI=1S/C7H15NO3.2ClH/c1-8(2,3)5-6(9)4-7(10)11;;/h6,9H,4-5H2,1-3H3;2*1H. The SMILES string of the molecule is C[N+](C)(C)CC(O)CC(=O)[O-].Cl.Cl. The highest BCUT2D eigenvalue weighted by Crippen LogP contribution is 1.97. The largest absolute Gasteiger partial charge is 0.550 e. The summed E-state index contributed by atoms with van der Waals surface area (Å²) in [6.07, 6.45) is -1.09. The molecule has 0 fully saturated rings. The number of nitrogens with zero attached hydrogens (tertiary/aromatic N) is 1. The van der Waals surface area contributed by atoms with Crippen LogP contribution in [-0.4, -0.2) is 49.4 Å². The molecule has 82 valence electrons. The van der Waals surface area contributed by atoms with E-state index in [1.165, 1.54) is 0 Å². The van der Waals surface area contributed by atoms with Gasteiger partial charge in [-0.25, -0.2) is 0 Å². The lowest BCUT2D eigenvalue weighted by Crippen LogP contribution is -2.43. The smallest absolute Gasteiger partial charge is 0.108 e. The second-order valence-corrected chi connectivity index (χ2v) is 3.70. The van der Waals surface area contributed by atoms with Gasteiger partial charge in [0.25, 0.3) is 0 Å². The van der Waals surface area contributed by atoms with Crippen LogP contribution in [0.5, 0.6) is 0 Å². The van der Waals surface area contributed by atoms with Crippen molar-refractivity contribution in [1.82, 2.24) is 0 Å². The van der Waals surface area contributed by atoms with Gasteiger partial charge in [-0.3, -0.25) is 0 Å². The van der Waals surface area contributed by atoms with E-state index in [1.54, 1.807) is 0 Å². The minimum absolute atomic E-state index is 0. The van der Waals surface area contributed by atoms with Gasteiger partial charge in [0.1, 0.15) is 12.6 Å². The van der Waals surface area contributed by atoms with Crippen LogP contribution in [0, 0.1) is 0 Å². The third-order valence-corrected chi connectivity index (χ3v) is 1.16. The Morgan fingerprint density at radius 3 is 2.00 bits per heavy atom. The zero-order chi connectivity index (χ0) is 9.07. The van der Waals surface area contributed by atoms with E-state index in [0.29, 0.717) is 11.0 Å². The summed E-state index contributed by atoms with van der Waals surface area (Å²) in [5.41, 5.74) is 0. The van der Waals surface area contributed by atoms with Crippen molar-refractivity contribution in [2.24, 2.45) is 0 Å². The van der Waals surface area contributed by atoms with Crippen molar-refractivity contribution in [2.45, 2.75) is 12.5 Å². The highest BCUT2D eigenvalue weighted by molar-refractivity contribution is 5.85. The van der Waals surface area contributed by atoms with Gasteiger partial charge in [0, 0.05) is 12.4 Å². The molecule has 0 spiro atoms. The molecule has 0 saturated carbocycles. The van der Waals surface area contributed by atoms with Gasteiger partial charge in [-0.2, -0.15) is 0 Å². The Morgan fingerprint density at radius 1 is 1.38 bits per heavy atom. The maximum atomic E-state index is 10.0. The Labute approximate surface area is 91.0 Å². The molecule has 1 unspecified atom stereocenters. The first-order valence-electron chi connectivity index (χ1n) is 3.49. The number of halogens is 2. The molecule has 13 heavy (non-hydrogen) atoms. The van der Waals surface area contributed by atoms with E-state index in [2.05, 4.69) is 0 Å². The van der Waals surface area contributed by atoms with Crippen molar-refractivity contribution < 1.29 is 19.5 Å². The van der Waals surface area contributed by atoms with E-state index < -0.39 is 12.1 Å². The van der Waals surface area contributed by atoms with Gasteiger partial charge in [-0.15, -0.1) is 24.8 Å². The average Bonchev–Trinajstić information content (AvgIpc) is 1.53. The van der Waals surface area contributed by atoms with E-state index in [-0.39, 0.29) is 31.2 Å². The fraction of sp³-hybridized carbons (Fsp3) is 0.857. The van der Waals surface area contributed by atoms with Crippen LogP contribution < -0.4 is 5.11 Å². The molecule has 1 N–H and O–H groups in total. The van der Waals surface area contributed by atoms with Crippen molar-refractivity contribution in [3.05, 3.63) is 0 Å². The van der Waals surface area contributed by atoms with E-state index in [9.17, 15) is 9.90 Å². The van der Waals surface area contributed by atoms with Gasteiger partial charge in [-0.05, 0) is 0 Å². The van der Waals surface area contributed by atoms with Crippen LogP contribution in [0.3, 0.4) is 0 Å². The summed E-state index contributed by atoms with van der Waals surface area (Å²) in [7, 11) is 5.66. The van der Waals surface area contributed by atoms with Crippen LogP contribution in [0.1, 0.15) is 6.42 Å². The first-order chi connectivity index (χ1) is 4.81. The van der Waals surface area contributed by atoms with Crippen molar-refractivity contribution in [3.8, 4) is 0 Å². The van der Waals surface area contributed by atoms with E-state index in [0.717, 1.165) is 0 Å². The molecule has 0 rings (SSSR count). The maximum Gasteiger partial charge on any atom is 0.108 e.